The molecule has 2 aliphatic rings. The third-order valence-electron chi connectivity index (χ3n) is 4.20. The van der Waals surface area contributed by atoms with Gasteiger partial charge in [0, 0.05) is 0 Å². The highest BCUT2D eigenvalue weighted by molar-refractivity contribution is 4.93. The summed E-state index contributed by atoms with van der Waals surface area (Å²) in [6.45, 7) is 4.73. The van der Waals surface area contributed by atoms with Gasteiger partial charge in [-0.05, 0) is 42.9 Å². The van der Waals surface area contributed by atoms with E-state index in [-0.39, 0.29) is 0 Å². The Kier molecular flexibility index (Phi) is 1.95. The molecule has 0 spiro atoms. The SMILES string of the molecule is CC[C@@H]1CC2CC1C[C@@H]2CC. The lowest BCUT2D eigenvalue weighted by Crippen LogP contribution is -2.16. The third-order valence-corrected chi connectivity index (χ3v) is 4.20. The summed E-state index contributed by atoms with van der Waals surface area (Å²) in [6, 6.07) is 0. The molecule has 0 aromatic heterocycles. The zero-order valence-electron chi connectivity index (χ0n) is 7.84. The quantitative estimate of drug-likeness (QED) is 0.568. The van der Waals surface area contributed by atoms with Gasteiger partial charge in [-0.2, -0.15) is 0 Å². The van der Waals surface area contributed by atoms with Crippen molar-refractivity contribution in [1.29, 1.82) is 0 Å². The summed E-state index contributed by atoms with van der Waals surface area (Å²) < 4.78 is 0. The minimum atomic E-state index is 1.11. The standard InChI is InChI=1S/C11H20/c1-3-8-5-11-7-10(8)6-9(11)4-2/h8-11H,3-7H2,1-2H3/t8-,9+,10?,11?. The van der Waals surface area contributed by atoms with Gasteiger partial charge in [-0.3, -0.25) is 0 Å². The first-order valence-corrected chi connectivity index (χ1v) is 5.35. The summed E-state index contributed by atoms with van der Waals surface area (Å²) in [5.41, 5.74) is 0. The lowest BCUT2D eigenvalue weighted by Gasteiger charge is -2.26. The van der Waals surface area contributed by atoms with Crippen molar-refractivity contribution in [3.05, 3.63) is 0 Å². The van der Waals surface area contributed by atoms with E-state index in [1.54, 1.807) is 19.3 Å². The number of fused-ring (bicyclic) bond motifs is 2. The van der Waals surface area contributed by atoms with Crippen molar-refractivity contribution < 1.29 is 0 Å². The molecule has 0 radical (unpaired) electrons. The predicted molar refractivity (Wildman–Crippen MR) is 48.4 cm³/mol. The first kappa shape index (κ1) is 7.64. The van der Waals surface area contributed by atoms with Crippen LogP contribution in [0.25, 0.3) is 0 Å². The molecule has 2 aliphatic carbocycles. The van der Waals surface area contributed by atoms with Gasteiger partial charge in [0.25, 0.3) is 0 Å². The minimum absolute atomic E-state index is 1.11. The maximum absolute atomic E-state index is 2.37. The van der Waals surface area contributed by atoms with Gasteiger partial charge in [0.1, 0.15) is 0 Å². The molecule has 0 aromatic rings. The van der Waals surface area contributed by atoms with E-state index in [0.29, 0.717) is 0 Å². The fourth-order valence-corrected chi connectivity index (χ4v) is 3.51. The van der Waals surface area contributed by atoms with E-state index in [1.165, 1.54) is 12.8 Å². The van der Waals surface area contributed by atoms with E-state index in [1.807, 2.05) is 0 Å². The van der Waals surface area contributed by atoms with Crippen LogP contribution in [0.2, 0.25) is 0 Å². The van der Waals surface area contributed by atoms with Gasteiger partial charge in [-0.1, -0.05) is 26.7 Å². The van der Waals surface area contributed by atoms with Crippen molar-refractivity contribution in [2.75, 3.05) is 0 Å². The topological polar surface area (TPSA) is 0 Å². The van der Waals surface area contributed by atoms with Crippen LogP contribution in [-0.2, 0) is 0 Å². The monoisotopic (exact) mass is 152 g/mol. The Hall–Kier alpha value is 0. The van der Waals surface area contributed by atoms with Crippen LogP contribution in [0, 0.1) is 23.7 Å². The van der Waals surface area contributed by atoms with Gasteiger partial charge >= 0.3 is 0 Å². The van der Waals surface area contributed by atoms with Crippen LogP contribution in [0.1, 0.15) is 46.0 Å². The van der Waals surface area contributed by atoms with Crippen LogP contribution in [0.5, 0.6) is 0 Å². The second-order valence-corrected chi connectivity index (χ2v) is 4.56. The molecular weight excluding hydrogens is 132 g/mol. The maximum atomic E-state index is 2.37. The molecule has 4 atom stereocenters. The van der Waals surface area contributed by atoms with Crippen LogP contribution in [0.3, 0.4) is 0 Å². The van der Waals surface area contributed by atoms with Crippen molar-refractivity contribution in [3.8, 4) is 0 Å². The Morgan fingerprint density at radius 2 is 1.27 bits per heavy atom. The van der Waals surface area contributed by atoms with E-state index in [9.17, 15) is 0 Å². The molecule has 0 amide bonds. The van der Waals surface area contributed by atoms with Gasteiger partial charge in [0.05, 0.1) is 0 Å². The van der Waals surface area contributed by atoms with Crippen LogP contribution >= 0.6 is 0 Å². The van der Waals surface area contributed by atoms with Gasteiger partial charge in [0.2, 0.25) is 0 Å². The van der Waals surface area contributed by atoms with Crippen LogP contribution in [0.4, 0.5) is 0 Å². The largest absolute Gasteiger partial charge is 0.0651 e. The molecule has 2 bridgehead atoms. The molecule has 2 saturated carbocycles. The van der Waals surface area contributed by atoms with Gasteiger partial charge < -0.3 is 0 Å². The van der Waals surface area contributed by atoms with Crippen molar-refractivity contribution in [2.24, 2.45) is 23.7 Å². The Balaban J connectivity index is 1.97. The second kappa shape index (κ2) is 2.80. The van der Waals surface area contributed by atoms with Crippen LogP contribution in [0.15, 0.2) is 0 Å². The molecule has 0 aromatic carbocycles. The minimum Gasteiger partial charge on any atom is -0.0651 e. The Bertz CT molecular complexity index is 123. The van der Waals surface area contributed by atoms with Crippen molar-refractivity contribution in [1.82, 2.24) is 0 Å². The summed E-state index contributed by atoms with van der Waals surface area (Å²) in [4.78, 5) is 0. The molecule has 11 heavy (non-hydrogen) atoms. The first-order valence-electron chi connectivity index (χ1n) is 5.35. The van der Waals surface area contributed by atoms with Gasteiger partial charge in [-0.15, -0.1) is 0 Å². The smallest absolute Gasteiger partial charge is 0.0380 e. The van der Waals surface area contributed by atoms with E-state index in [4.69, 9.17) is 0 Å². The summed E-state index contributed by atoms with van der Waals surface area (Å²) >= 11 is 0. The zero-order valence-corrected chi connectivity index (χ0v) is 7.84. The van der Waals surface area contributed by atoms with Crippen molar-refractivity contribution in [2.45, 2.75) is 46.0 Å². The van der Waals surface area contributed by atoms with E-state index < -0.39 is 0 Å². The van der Waals surface area contributed by atoms with Crippen molar-refractivity contribution in [3.63, 3.8) is 0 Å². The summed E-state index contributed by atoms with van der Waals surface area (Å²) in [7, 11) is 0. The zero-order chi connectivity index (χ0) is 7.84. The van der Waals surface area contributed by atoms with Gasteiger partial charge in [-0.25, -0.2) is 0 Å². The highest BCUT2D eigenvalue weighted by Gasteiger charge is 2.43. The molecule has 0 saturated heterocycles. The maximum Gasteiger partial charge on any atom is -0.0380 e. The molecule has 0 N–H and O–H groups in total. The van der Waals surface area contributed by atoms with Crippen LogP contribution < -0.4 is 0 Å². The molecule has 0 nitrogen and oxygen atoms in total. The highest BCUT2D eigenvalue weighted by atomic mass is 14.5. The lowest BCUT2D eigenvalue weighted by molar-refractivity contribution is 0.247. The second-order valence-electron chi connectivity index (χ2n) is 4.56. The molecule has 2 unspecified atom stereocenters. The normalized spacial score (nSPS) is 48.5. The van der Waals surface area contributed by atoms with Crippen molar-refractivity contribution >= 4 is 0 Å². The Labute approximate surface area is 70.4 Å². The van der Waals surface area contributed by atoms with E-state index in [2.05, 4.69) is 13.8 Å². The van der Waals surface area contributed by atoms with Crippen LogP contribution in [-0.4, -0.2) is 0 Å². The summed E-state index contributed by atoms with van der Waals surface area (Å²) in [5, 5.41) is 0. The first-order chi connectivity index (χ1) is 5.35. The molecule has 2 rings (SSSR count). The average Bonchev–Trinajstić information content (AvgIpc) is 2.60. The van der Waals surface area contributed by atoms with E-state index >= 15 is 0 Å². The van der Waals surface area contributed by atoms with E-state index in [0.717, 1.165) is 23.7 Å². The molecule has 64 valence electrons. The Morgan fingerprint density at radius 3 is 1.55 bits per heavy atom. The molecule has 2 fully saturated rings. The lowest BCUT2D eigenvalue weighted by atomic mass is 9.80. The van der Waals surface area contributed by atoms with Gasteiger partial charge in [0.15, 0.2) is 0 Å². The fourth-order valence-electron chi connectivity index (χ4n) is 3.51. The number of hydrogen-bond donors (Lipinski definition) is 0. The molecule has 0 heteroatoms. The predicted octanol–water partition coefficient (Wildman–Crippen LogP) is 3.47. The molecule has 0 aliphatic heterocycles. The Morgan fingerprint density at radius 1 is 0.818 bits per heavy atom. The number of hydrogen-bond acceptors (Lipinski definition) is 0. The highest BCUT2D eigenvalue weighted by Crippen LogP contribution is 2.53. The molecule has 0 heterocycles. The third kappa shape index (κ3) is 1.11. The summed E-state index contributed by atoms with van der Waals surface area (Å²) in [6.07, 6.45) is 7.60. The average molecular weight is 152 g/mol. The number of rotatable bonds is 2. The fraction of sp³-hybridized carbons (Fsp3) is 1.00. The molecular formula is C11H20. The summed E-state index contributed by atoms with van der Waals surface area (Å²) in [5.74, 6) is 4.50.